The number of benzene rings is 2. The van der Waals surface area contributed by atoms with Gasteiger partial charge in [-0.2, -0.15) is 0 Å². The van der Waals surface area contributed by atoms with Crippen LogP contribution in [0.5, 0.6) is 23.0 Å². The molecule has 1 N–H and O–H groups in total. The van der Waals surface area contributed by atoms with E-state index in [0.29, 0.717) is 48.5 Å². The summed E-state index contributed by atoms with van der Waals surface area (Å²) in [4.78, 5) is 12.1. The van der Waals surface area contributed by atoms with Gasteiger partial charge in [-0.1, -0.05) is 12.1 Å². The van der Waals surface area contributed by atoms with Crippen molar-refractivity contribution in [2.45, 2.75) is 6.92 Å². The SMILES string of the molecule is CCOc1ccccc1OCC(=O)Nc1ccc2c(c1)OCCO2. The third-order valence-corrected chi connectivity index (χ3v) is 3.33. The molecule has 126 valence electrons. The van der Waals surface area contributed by atoms with Crippen LogP contribution in [-0.2, 0) is 4.79 Å². The number of fused-ring (bicyclic) bond motifs is 1. The maximum absolute atomic E-state index is 12.1. The van der Waals surface area contributed by atoms with Gasteiger partial charge in [-0.05, 0) is 31.2 Å². The summed E-state index contributed by atoms with van der Waals surface area (Å²) in [5, 5.41) is 2.77. The highest BCUT2D eigenvalue weighted by molar-refractivity contribution is 5.92. The van der Waals surface area contributed by atoms with Gasteiger partial charge < -0.3 is 24.3 Å². The van der Waals surface area contributed by atoms with Crippen LogP contribution >= 0.6 is 0 Å². The van der Waals surface area contributed by atoms with Crippen molar-refractivity contribution in [1.29, 1.82) is 0 Å². The molecule has 0 aromatic heterocycles. The Morgan fingerprint density at radius 1 is 1.04 bits per heavy atom. The van der Waals surface area contributed by atoms with E-state index < -0.39 is 0 Å². The van der Waals surface area contributed by atoms with Crippen molar-refractivity contribution >= 4 is 11.6 Å². The predicted molar refractivity (Wildman–Crippen MR) is 89.2 cm³/mol. The number of hydrogen-bond donors (Lipinski definition) is 1. The number of para-hydroxylation sites is 2. The lowest BCUT2D eigenvalue weighted by atomic mass is 10.2. The molecule has 0 unspecified atom stereocenters. The summed E-state index contributed by atoms with van der Waals surface area (Å²) < 4.78 is 21.9. The summed E-state index contributed by atoms with van der Waals surface area (Å²) in [6.45, 7) is 3.35. The Kier molecular flexibility index (Phi) is 5.05. The van der Waals surface area contributed by atoms with E-state index in [2.05, 4.69) is 5.32 Å². The minimum Gasteiger partial charge on any atom is -0.490 e. The minimum atomic E-state index is -0.266. The largest absolute Gasteiger partial charge is 0.490 e. The lowest BCUT2D eigenvalue weighted by molar-refractivity contribution is -0.118. The van der Waals surface area contributed by atoms with Crippen molar-refractivity contribution in [3.05, 3.63) is 42.5 Å². The molecule has 2 aromatic carbocycles. The molecule has 0 aliphatic carbocycles. The molecule has 1 amide bonds. The average molecular weight is 329 g/mol. The highest BCUT2D eigenvalue weighted by atomic mass is 16.6. The summed E-state index contributed by atoms with van der Waals surface area (Å²) in [6, 6.07) is 12.5. The molecular weight excluding hydrogens is 310 g/mol. The van der Waals surface area contributed by atoms with Crippen LogP contribution in [0.25, 0.3) is 0 Å². The summed E-state index contributed by atoms with van der Waals surface area (Å²) >= 11 is 0. The van der Waals surface area contributed by atoms with Crippen LogP contribution in [0.4, 0.5) is 5.69 Å². The van der Waals surface area contributed by atoms with E-state index in [4.69, 9.17) is 18.9 Å². The Bertz CT molecular complexity index is 716. The second kappa shape index (κ2) is 7.59. The van der Waals surface area contributed by atoms with Gasteiger partial charge in [-0.3, -0.25) is 4.79 Å². The molecule has 0 fully saturated rings. The quantitative estimate of drug-likeness (QED) is 0.883. The van der Waals surface area contributed by atoms with Gasteiger partial charge in [0.25, 0.3) is 5.91 Å². The molecule has 1 heterocycles. The minimum absolute atomic E-state index is 0.113. The monoisotopic (exact) mass is 329 g/mol. The molecule has 0 radical (unpaired) electrons. The summed E-state index contributed by atoms with van der Waals surface area (Å²) in [5.41, 5.74) is 0.631. The first-order valence-electron chi connectivity index (χ1n) is 7.80. The number of anilines is 1. The standard InChI is InChI=1S/C18H19NO5/c1-2-21-14-5-3-4-6-15(14)24-12-18(20)19-13-7-8-16-17(11-13)23-10-9-22-16/h3-8,11H,2,9-10,12H2,1H3,(H,19,20). The van der Waals surface area contributed by atoms with Gasteiger partial charge in [0, 0.05) is 11.8 Å². The van der Waals surface area contributed by atoms with Gasteiger partial charge in [0.2, 0.25) is 0 Å². The van der Waals surface area contributed by atoms with Crippen LogP contribution in [0.1, 0.15) is 6.92 Å². The van der Waals surface area contributed by atoms with E-state index in [-0.39, 0.29) is 12.5 Å². The number of ether oxygens (including phenoxy) is 4. The van der Waals surface area contributed by atoms with Gasteiger partial charge in [-0.25, -0.2) is 0 Å². The Hall–Kier alpha value is -2.89. The van der Waals surface area contributed by atoms with Gasteiger partial charge in [0.1, 0.15) is 13.2 Å². The summed E-state index contributed by atoms with van der Waals surface area (Å²) in [6.07, 6.45) is 0. The van der Waals surface area contributed by atoms with Crippen LogP contribution in [-0.4, -0.2) is 32.3 Å². The Balaban J connectivity index is 1.58. The molecule has 3 rings (SSSR count). The fraction of sp³-hybridized carbons (Fsp3) is 0.278. The summed E-state index contributed by atoms with van der Waals surface area (Å²) in [7, 11) is 0. The molecule has 1 aliphatic heterocycles. The number of rotatable bonds is 6. The Labute approximate surface area is 140 Å². The third-order valence-electron chi connectivity index (χ3n) is 3.33. The van der Waals surface area contributed by atoms with Gasteiger partial charge >= 0.3 is 0 Å². The van der Waals surface area contributed by atoms with Crippen molar-refractivity contribution in [1.82, 2.24) is 0 Å². The van der Waals surface area contributed by atoms with Gasteiger partial charge in [0.05, 0.1) is 6.61 Å². The topological polar surface area (TPSA) is 66.0 Å². The van der Waals surface area contributed by atoms with E-state index in [0.717, 1.165) is 0 Å². The van der Waals surface area contributed by atoms with Gasteiger partial charge in [0.15, 0.2) is 29.6 Å². The van der Waals surface area contributed by atoms with Crippen LogP contribution < -0.4 is 24.3 Å². The zero-order chi connectivity index (χ0) is 16.8. The third kappa shape index (κ3) is 3.90. The Morgan fingerprint density at radius 3 is 2.50 bits per heavy atom. The number of amides is 1. The van der Waals surface area contributed by atoms with E-state index >= 15 is 0 Å². The van der Waals surface area contributed by atoms with Crippen LogP contribution in [0.2, 0.25) is 0 Å². The zero-order valence-corrected chi connectivity index (χ0v) is 13.4. The van der Waals surface area contributed by atoms with E-state index in [1.54, 1.807) is 30.3 Å². The average Bonchev–Trinajstić information content (AvgIpc) is 2.61. The normalized spacial score (nSPS) is 12.4. The molecule has 0 saturated carbocycles. The Morgan fingerprint density at radius 2 is 1.75 bits per heavy atom. The molecule has 2 aromatic rings. The number of carbonyl (C=O) groups is 1. The first kappa shape index (κ1) is 16.0. The molecule has 0 saturated heterocycles. The van der Waals surface area contributed by atoms with Crippen LogP contribution in [0.15, 0.2) is 42.5 Å². The highest BCUT2D eigenvalue weighted by Crippen LogP contribution is 2.32. The maximum Gasteiger partial charge on any atom is 0.262 e. The highest BCUT2D eigenvalue weighted by Gasteiger charge is 2.13. The zero-order valence-electron chi connectivity index (χ0n) is 13.4. The molecule has 6 nitrogen and oxygen atoms in total. The van der Waals surface area contributed by atoms with Crippen molar-refractivity contribution in [3.63, 3.8) is 0 Å². The first-order chi connectivity index (χ1) is 11.8. The fourth-order valence-electron chi connectivity index (χ4n) is 2.31. The predicted octanol–water partition coefficient (Wildman–Crippen LogP) is 2.87. The molecule has 0 bridgehead atoms. The smallest absolute Gasteiger partial charge is 0.262 e. The lowest BCUT2D eigenvalue weighted by Gasteiger charge is -2.19. The molecular formula is C18H19NO5. The number of carbonyl (C=O) groups excluding carboxylic acids is 1. The molecule has 6 heteroatoms. The first-order valence-corrected chi connectivity index (χ1v) is 7.80. The molecule has 0 atom stereocenters. The second-order valence-electron chi connectivity index (χ2n) is 5.08. The van der Waals surface area contributed by atoms with Crippen molar-refractivity contribution in [2.24, 2.45) is 0 Å². The molecule has 0 spiro atoms. The lowest BCUT2D eigenvalue weighted by Crippen LogP contribution is -2.21. The fourth-order valence-corrected chi connectivity index (χ4v) is 2.31. The van der Waals surface area contributed by atoms with E-state index in [1.807, 2.05) is 19.1 Å². The van der Waals surface area contributed by atoms with Crippen molar-refractivity contribution < 1.29 is 23.7 Å². The molecule has 24 heavy (non-hydrogen) atoms. The van der Waals surface area contributed by atoms with Crippen LogP contribution in [0.3, 0.4) is 0 Å². The molecule has 1 aliphatic rings. The second-order valence-corrected chi connectivity index (χ2v) is 5.08. The van der Waals surface area contributed by atoms with Crippen molar-refractivity contribution in [2.75, 3.05) is 31.7 Å². The van der Waals surface area contributed by atoms with Crippen molar-refractivity contribution in [3.8, 4) is 23.0 Å². The summed E-state index contributed by atoms with van der Waals surface area (Å²) in [5.74, 6) is 2.20. The number of hydrogen-bond acceptors (Lipinski definition) is 5. The van der Waals surface area contributed by atoms with Crippen LogP contribution in [0, 0.1) is 0 Å². The van der Waals surface area contributed by atoms with E-state index in [1.165, 1.54) is 0 Å². The maximum atomic E-state index is 12.1. The van der Waals surface area contributed by atoms with E-state index in [9.17, 15) is 4.79 Å². The van der Waals surface area contributed by atoms with Gasteiger partial charge in [-0.15, -0.1) is 0 Å². The number of nitrogens with one attached hydrogen (secondary N) is 1.